The van der Waals surface area contributed by atoms with E-state index in [4.69, 9.17) is 4.74 Å². The minimum atomic E-state index is -5.00. The molecule has 132 valence electrons. The van der Waals surface area contributed by atoms with Crippen molar-refractivity contribution in [2.24, 2.45) is 0 Å². The number of rotatable bonds is 2. The Kier molecular flexibility index (Phi) is 3.93. The van der Waals surface area contributed by atoms with Gasteiger partial charge in [-0.05, 0) is 55.2 Å². The quantitative estimate of drug-likeness (QED) is 0.680. The van der Waals surface area contributed by atoms with Gasteiger partial charge in [0.15, 0.2) is 0 Å². The molecule has 2 unspecified atom stereocenters. The van der Waals surface area contributed by atoms with Gasteiger partial charge in [0.05, 0.1) is 5.41 Å². The van der Waals surface area contributed by atoms with Crippen molar-refractivity contribution in [2.75, 3.05) is 0 Å². The SMILES string of the molecule is CC1=C(C)C(C)(C(C)OC(=O)C(F)(F)F)c2cccc3cccc1c23. The van der Waals surface area contributed by atoms with Crippen molar-refractivity contribution in [3.63, 3.8) is 0 Å². The summed E-state index contributed by atoms with van der Waals surface area (Å²) in [5.41, 5.74) is 3.02. The Morgan fingerprint density at radius 1 is 1.12 bits per heavy atom. The molecule has 0 fully saturated rings. The highest BCUT2D eigenvalue weighted by atomic mass is 19.4. The van der Waals surface area contributed by atoms with Crippen molar-refractivity contribution in [1.82, 2.24) is 0 Å². The first kappa shape index (κ1) is 17.5. The summed E-state index contributed by atoms with van der Waals surface area (Å²) in [6.07, 6.45) is -5.97. The molecule has 0 N–H and O–H groups in total. The van der Waals surface area contributed by atoms with E-state index < -0.39 is 23.7 Å². The molecule has 2 aromatic rings. The molecule has 1 aliphatic rings. The molecule has 0 saturated carbocycles. The van der Waals surface area contributed by atoms with Gasteiger partial charge in [0, 0.05) is 0 Å². The van der Waals surface area contributed by atoms with Crippen LogP contribution in [0, 0.1) is 0 Å². The lowest BCUT2D eigenvalue weighted by Crippen LogP contribution is -2.43. The fourth-order valence-electron chi connectivity index (χ4n) is 3.75. The Hall–Kier alpha value is -2.30. The smallest absolute Gasteiger partial charge is 0.455 e. The summed E-state index contributed by atoms with van der Waals surface area (Å²) in [5.74, 6) is -2.15. The predicted molar refractivity (Wildman–Crippen MR) is 91.2 cm³/mol. The van der Waals surface area contributed by atoms with Gasteiger partial charge in [0.25, 0.3) is 0 Å². The summed E-state index contributed by atoms with van der Waals surface area (Å²) in [4.78, 5) is 11.4. The Morgan fingerprint density at radius 2 is 1.72 bits per heavy atom. The van der Waals surface area contributed by atoms with Crippen LogP contribution in [0.25, 0.3) is 16.3 Å². The number of hydrogen-bond acceptors (Lipinski definition) is 2. The van der Waals surface area contributed by atoms with Crippen LogP contribution in [0.4, 0.5) is 13.2 Å². The molecule has 2 aromatic carbocycles. The molecule has 0 aromatic heterocycles. The molecule has 0 aliphatic heterocycles. The van der Waals surface area contributed by atoms with Gasteiger partial charge in [-0.3, -0.25) is 0 Å². The largest absolute Gasteiger partial charge is 0.490 e. The first-order valence-corrected chi connectivity index (χ1v) is 8.06. The van der Waals surface area contributed by atoms with E-state index in [-0.39, 0.29) is 0 Å². The van der Waals surface area contributed by atoms with Gasteiger partial charge in [-0.2, -0.15) is 13.2 Å². The van der Waals surface area contributed by atoms with Crippen molar-refractivity contribution in [3.8, 4) is 0 Å². The Bertz CT molecular complexity index is 890. The van der Waals surface area contributed by atoms with Crippen molar-refractivity contribution in [3.05, 3.63) is 53.1 Å². The van der Waals surface area contributed by atoms with Crippen LogP contribution in [0.1, 0.15) is 38.8 Å². The fourth-order valence-corrected chi connectivity index (χ4v) is 3.75. The molecule has 5 heteroatoms. The van der Waals surface area contributed by atoms with Crippen molar-refractivity contribution in [2.45, 2.75) is 45.4 Å². The molecule has 1 aliphatic carbocycles. The standard InChI is InChI=1S/C20H19F3O2/c1-11-12(2)19(4,13(3)25-18(24)20(21,22)23)16-10-6-8-14-7-5-9-15(11)17(14)16/h5-10,13H,1-4H3. The van der Waals surface area contributed by atoms with Crippen molar-refractivity contribution in [1.29, 1.82) is 0 Å². The van der Waals surface area contributed by atoms with Crippen LogP contribution in [0.15, 0.2) is 42.0 Å². The number of carbonyl (C=O) groups excluding carboxylic acids is 1. The third-order valence-corrected chi connectivity index (χ3v) is 5.54. The van der Waals surface area contributed by atoms with Crippen LogP contribution >= 0.6 is 0 Å². The Balaban J connectivity index is 2.19. The van der Waals surface area contributed by atoms with Crippen molar-refractivity contribution >= 4 is 22.3 Å². The number of halogens is 3. The van der Waals surface area contributed by atoms with E-state index in [1.54, 1.807) is 0 Å². The fraction of sp³-hybridized carbons (Fsp3) is 0.350. The van der Waals surface area contributed by atoms with Crippen LogP contribution in [-0.4, -0.2) is 18.2 Å². The number of carbonyl (C=O) groups is 1. The average molecular weight is 348 g/mol. The maximum atomic E-state index is 12.7. The van der Waals surface area contributed by atoms with E-state index in [0.717, 1.165) is 33.0 Å². The predicted octanol–water partition coefficient (Wildman–Crippen LogP) is 5.40. The van der Waals surface area contributed by atoms with Gasteiger partial charge in [0.2, 0.25) is 0 Å². The molecule has 3 rings (SSSR count). The molecule has 0 radical (unpaired) electrons. The monoisotopic (exact) mass is 348 g/mol. The lowest BCUT2D eigenvalue weighted by atomic mass is 9.65. The minimum Gasteiger partial charge on any atom is -0.455 e. The highest BCUT2D eigenvalue weighted by molar-refractivity contribution is 6.00. The molecular weight excluding hydrogens is 329 g/mol. The van der Waals surface area contributed by atoms with Gasteiger partial charge < -0.3 is 4.74 Å². The van der Waals surface area contributed by atoms with E-state index in [9.17, 15) is 18.0 Å². The third kappa shape index (κ3) is 2.53. The molecule has 2 atom stereocenters. The van der Waals surface area contributed by atoms with Gasteiger partial charge >= 0.3 is 12.1 Å². The maximum absolute atomic E-state index is 12.7. The van der Waals surface area contributed by atoms with Gasteiger partial charge in [-0.25, -0.2) is 4.79 Å². The molecule has 0 saturated heterocycles. The number of ether oxygens (including phenoxy) is 1. The number of benzene rings is 2. The topological polar surface area (TPSA) is 26.3 Å². The Morgan fingerprint density at radius 3 is 2.32 bits per heavy atom. The second-order valence-electron chi connectivity index (χ2n) is 6.71. The average Bonchev–Trinajstić information content (AvgIpc) is 2.56. The molecule has 0 heterocycles. The van der Waals surface area contributed by atoms with Gasteiger partial charge in [-0.1, -0.05) is 42.0 Å². The van der Waals surface area contributed by atoms with Crippen LogP contribution in [0.3, 0.4) is 0 Å². The highest BCUT2D eigenvalue weighted by Crippen LogP contribution is 2.49. The van der Waals surface area contributed by atoms with E-state index in [1.807, 2.05) is 57.2 Å². The number of hydrogen-bond donors (Lipinski definition) is 0. The highest BCUT2D eigenvalue weighted by Gasteiger charge is 2.47. The summed E-state index contributed by atoms with van der Waals surface area (Å²) in [5, 5.41) is 2.02. The summed E-state index contributed by atoms with van der Waals surface area (Å²) >= 11 is 0. The first-order valence-electron chi connectivity index (χ1n) is 8.06. The summed E-state index contributed by atoms with van der Waals surface area (Å²) in [6.45, 7) is 7.21. The normalized spacial score (nSPS) is 21.4. The number of esters is 1. The second-order valence-corrected chi connectivity index (χ2v) is 6.71. The maximum Gasteiger partial charge on any atom is 0.490 e. The molecule has 2 nitrogen and oxygen atoms in total. The molecular formula is C20H19F3O2. The molecule has 0 bridgehead atoms. The molecule has 0 amide bonds. The van der Waals surface area contributed by atoms with E-state index in [1.165, 1.54) is 6.92 Å². The lowest BCUT2D eigenvalue weighted by molar-refractivity contribution is -0.206. The first-order chi connectivity index (χ1) is 11.6. The van der Waals surface area contributed by atoms with Crippen LogP contribution < -0.4 is 0 Å². The number of allylic oxidation sites excluding steroid dienone is 1. The van der Waals surface area contributed by atoms with E-state index >= 15 is 0 Å². The second kappa shape index (κ2) is 5.61. The third-order valence-electron chi connectivity index (χ3n) is 5.54. The molecule has 25 heavy (non-hydrogen) atoms. The van der Waals surface area contributed by atoms with E-state index in [2.05, 4.69) is 0 Å². The van der Waals surface area contributed by atoms with Crippen LogP contribution in [-0.2, 0) is 14.9 Å². The van der Waals surface area contributed by atoms with Gasteiger partial charge in [-0.15, -0.1) is 0 Å². The van der Waals surface area contributed by atoms with Crippen LogP contribution in [0.5, 0.6) is 0 Å². The summed E-state index contributed by atoms with van der Waals surface area (Å²) in [6, 6.07) is 11.7. The lowest BCUT2D eigenvalue weighted by Gasteiger charge is -2.41. The zero-order valence-corrected chi connectivity index (χ0v) is 14.5. The zero-order chi connectivity index (χ0) is 18.6. The van der Waals surface area contributed by atoms with Crippen LogP contribution in [0.2, 0.25) is 0 Å². The summed E-state index contributed by atoms with van der Waals surface area (Å²) < 4.78 is 42.8. The minimum absolute atomic E-state index is 0.834. The Labute approximate surface area is 144 Å². The zero-order valence-electron chi connectivity index (χ0n) is 14.5. The number of alkyl halides is 3. The summed E-state index contributed by atoms with van der Waals surface area (Å²) in [7, 11) is 0. The van der Waals surface area contributed by atoms with Gasteiger partial charge in [0.1, 0.15) is 6.10 Å². The van der Waals surface area contributed by atoms with Crippen molar-refractivity contribution < 1.29 is 22.7 Å². The molecule has 0 spiro atoms. The van der Waals surface area contributed by atoms with E-state index in [0.29, 0.717) is 0 Å².